The van der Waals surface area contributed by atoms with Gasteiger partial charge in [-0.2, -0.15) is 11.3 Å². The molecule has 2 aromatic carbocycles. The molecule has 0 saturated heterocycles. The lowest BCUT2D eigenvalue weighted by Gasteiger charge is -2.32. The number of aryl methyl sites for hydroxylation is 1. The number of aromatic nitrogens is 3. The fourth-order valence-electron chi connectivity index (χ4n) is 5.04. The van der Waals surface area contributed by atoms with Crippen LogP contribution in [-0.4, -0.2) is 44.3 Å². The highest BCUT2D eigenvalue weighted by molar-refractivity contribution is 7.08. The molecule has 0 bridgehead atoms. The molecule has 186 valence electrons. The molecule has 2 heterocycles. The van der Waals surface area contributed by atoms with E-state index in [1.807, 2.05) is 53.2 Å². The maximum absolute atomic E-state index is 13.9. The standard InChI is InChI=1S/C28H31N5O2S/c1-20-8-2-3-9-21(20)14-16-32(26(34)18-33-25-13-7-6-12-24(25)30-31-33)27(22-15-17-36-19-22)28(35)29-23-10-4-5-11-23/h2-3,6-9,12-13,15,17,19,23,27H,4-5,10-11,14,16,18H2,1H3,(H,29,35). The van der Waals surface area contributed by atoms with Crippen LogP contribution in [0.4, 0.5) is 0 Å². The van der Waals surface area contributed by atoms with E-state index in [1.54, 1.807) is 9.58 Å². The van der Waals surface area contributed by atoms with Crippen LogP contribution >= 0.6 is 11.3 Å². The maximum atomic E-state index is 13.9. The monoisotopic (exact) mass is 501 g/mol. The number of carbonyl (C=O) groups excluding carboxylic acids is 2. The summed E-state index contributed by atoms with van der Waals surface area (Å²) in [6, 6.07) is 17.2. The summed E-state index contributed by atoms with van der Waals surface area (Å²) in [5.41, 5.74) is 4.73. The van der Waals surface area contributed by atoms with Crippen LogP contribution < -0.4 is 5.32 Å². The Morgan fingerprint density at radius 1 is 1.11 bits per heavy atom. The summed E-state index contributed by atoms with van der Waals surface area (Å²) in [6.45, 7) is 2.52. The maximum Gasteiger partial charge on any atom is 0.247 e. The zero-order valence-electron chi connectivity index (χ0n) is 20.5. The van der Waals surface area contributed by atoms with Crippen molar-refractivity contribution in [3.63, 3.8) is 0 Å². The number of amides is 2. The number of rotatable bonds is 9. The molecule has 1 fully saturated rings. The number of para-hydroxylation sites is 1. The van der Waals surface area contributed by atoms with Gasteiger partial charge in [-0.15, -0.1) is 5.10 Å². The van der Waals surface area contributed by atoms with E-state index >= 15 is 0 Å². The minimum atomic E-state index is -0.692. The van der Waals surface area contributed by atoms with Crippen molar-refractivity contribution in [3.05, 3.63) is 82.0 Å². The van der Waals surface area contributed by atoms with Crippen molar-refractivity contribution in [2.45, 2.75) is 57.7 Å². The highest BCUT2D eigenvalue weighted by Gasteiger charge is 2.33. The molecule has 5 rings (SSSR count). The van der Waals surface area contributed by atoms with Crippen molar-refractivity contribution in [1.82, 2.24) is 25.2 Å². The molecule has 8 heteroatoms. The smallest absolute Gasteiger partial charge is 0.247 e. The van der Waals surface area contributed by atoms with E-state index in [2.05, 4.69) is 34.7 Å². The first-order valence-corrected chi connectivity index (χ1v) is 13.5. The molecular weight excluding hydrogens is 470 g/mol. The van der Waals surface area contributed by atoms with Gasteiger partial charge in [-0.05, 0) is 71.8 Å². The summed E-state index contributed by atoms with van der Waals surface area (Å²) in [7, 11) is 0. The topological polar surface area (TPSA) is 80.1 Å². The van der Waals surface area contributed by atoms with Gasteiger partial charge in [-0.25, -0.2) is 4.68 Å². The molecule has 0 spiro atoms. The van der Waals surface area contributed by atoms with Gasteiger partial charge < -0.3 is 10.2 Å². The first-order chi connectivity index (χ1) is 17.6. The van der Waals surface area contributed by atoms with Gasteiger partial charge >= 0.3 is 0 Å². The Morgan fingerprint density at radius 2 is 1.89 bits per heavy atom. The number of fused-ring (bicyclic) bond motifs is 1. The van der Waals surface area contributed by atoms with E-state index in [-0.39, 0.29) is 24.4 Å². The van der Waals surface area contributed by atoms with Gasteiger partial charge in [0.1, 0.15) is 18.1 Å². The second kappa shape index (κ2) is 11.0. The molecular formula is C28H31N5O2S. The number of nitrogens with zero attached hydrogens (tertiary/aromatic N) is 4. The Balaban J connectivity index is 1.46. The fraction of sp³-hybridized carbons (Fsp3) is 0.357. The third-order valence-corrected chi connectivity index (χ3v) is 7.73. The SMILES string of the molecule is Cc1ccccc1CCN(C(=O)Cn1nnc2ccccc21)C(C(=O)NC1CCCC1)c1ccsc1. The molecule has 4 aromatic rings. The van der Waals surface area contributed by atoms with E-state index in [0.717, 1.165) is 42.3 Å². The summed E-state index contributed by atoms with van der Waals surface area (Å²) in [5, 5.41) is 15.6. The lowest BCUT2D eigenvalue weighted by atomic mass is 10.0. The van der Waals surface area contributed by atoms with Crippen LogP contribution in [0.3, 0.4) is 0 Å². The van der Waals surface area contributed by atoms with Gasteiger partial charge in [0.25, 0.3) is 0 Å². The van der Waals surface area contributed by atoms with Crippen LogP contribution in [0.25, 0.3) is 11.0 Å². The predicted octanol–water partition coefficient (Wildman–Crippen LogP) is 4.67. The Bertz CT molecular complexity index is 1330. The molecule has 36 heavy (non-hydrogen) atoms. The lowest BCUT2D eigenvalue weighted by Crippen LogP contribution is -2.47. The molecule has 0 radical (unpaired) electrons. The number of benzene rings is 2. The second-order valence-corrected chi connectivity index (χ2v) is 10.2. The van der Waals surface area contributed by atoms with Gasteiger partial charge in [0.05, 0.1) is 5.52 Å². The normalized spacial score (nSPS) is 14.7. The summed E-state index contributed by atoms with van der Waals surface area (Å²) in [5.74, 6) is -0.265. The van der Waals surface area contributed by atoms with Gasteiger partial charge in [0, 0.05) is 12.6 Å². The Kier molecular flexibility index (Phi) is 7.41. The minimum Gasteiger partial charge on any atom is -0.351 e. The first kappa shape index (κ1) is 24.2. The second-order valence-electron chi connectivity index (χ2n) is 9.45. The predicted molar refractivity (Wildman–Crippen MR) is 142 cm³/mol. The van der Waals surface area contributed by atoms with E-state index in [1.165, 1.54) is 22.5 Å². The van der Waals surface area contributed by atoms with E-state index in [9.17, 15) is 9.59 Å². The molecule has 2 amide bonds. The first-order valence-electron chi connectivity index (χ1n) is 12.5. The zero-order chi connectivity index (χ0) is 24.9. The molecule has 1 aliphatic rings. The number of carbonyl (C=O) groups is 2. The molecule has 0 aliphatic heterocycles. The van der Waals surface area contributed by atoms with Gasteiger partial charge in [0.2, 0.25) is 11.8 Å². The van der Waals surface area contributed by atoms with Crippen molar-refractivity contribution >= 4 is 34.2 Å². The van der Waals surface area contributed by atoms with Crippen LogP contribution in [0, 0.1) is 6.92 Å². The summed E-state index contributed by atoms with van der Waals surface area (Å²) in [4.78, 5) is 29.3. The molecule has 1 unspecified atom stereocenters. The minimum absolute atomic E-state index is 0.0195. The number of thiophene rings is 1. The molecule has 1 atom stereocenters. The number of hydrogen-bond acceptors (Lipinski definition) is 5. The quantitative estimate of drug-likeness (QED) is 0.361. The Labute approximate surface area is 215 Å². The number of hydrogen-bond donors (Lipinski definition) is 1. The highest BCUT2D eigenvalue weighted by atomic mass is 32.1. The largest absolute Gasteiger partial charge is 0.351 e. The summed E-state index contributed by atoms with van der Waals surface area (Å²) < 4.78 is 1.62. The van der Waals surface area contributed by atoms with Crippen LogP contribution in [0.2, 0.25) is 0 Å². The molecule has 1 saturated carbocycles. The van der Waals surface area contributed by atoms with Crippen LogP contribution in [0.15, 0.2) is 65.4 Å². The van der Waals surface area contributed by atoms with Crippen LogP contribution in [0.5, 0.6) is 0 Å². The van der Waals surface area contributed by atoms with Gasteiger partial charge in [0.15, 0.2) is 0 Å². The summed E-state index contributed by atoms with van der Waals surface area (Å²) in [6.07, 6.45) is 4.90. The lowest BCUT2D eigenvalue weighted by molar-refractivity contribution is -0.141. The Hall–Kier alpha value is -3.52. The van der Waals surface area contributed by atoms with E-state index < -0.39 is 6.04 Å². The van der Waals surface area contributed by atoms with Crippen LogP contribution in [0.1, 0.15) is 48.4 Å². The third-order valence-electron chi connectivity index (χ3n) is 7.03. The third kappa shape index (κ3) is 5.33. The van der Waals surface area contributed by atoms with Gasteiger partial charge in [-0.1, -0.05) is 54.5 Å². The van der Waals surface area contributed by atoms with E-state index in [0.29, 0.717) is 13.0 Å². The molecule has 7 nitrogen and oxygen atoms in total. The average molecular weight is 502 g/mol. The molecule has 1 aliphatic carbocycles. The highest BCUT2D eigenvalue weighted by Crippen LogP contribution is 2.27. The van der Waals surface area contributed by atoms with E-state index in [4.69, 9.17) is 0 Å². The molecule has 2 aromatic heterocycles. The zero-order valence-corrected chi connectivity index (χ0v) is 21.3. The van der Waals surface area contributed by atoms with Crippen LogP contribution in [-0.2, 0) is 22.6 Å². The average Bonchev–Trinajstić information content (AvgIpc) is 3.66. The van der Waals surface area contributed by atoms with Crippen molar-refractivity contribution in [2.75, 3.05) is 6.54 Å². The fourth-order valence-corrected chi connectivity index (χ4v) is 5.71. The van der Waals surface area contributed by atoms with Crippen molar-refractivity contribution < 1.29 is 9.59 Å². The van der Waals surface area contributed by atoms with Crippen molar-refractivity contribution in [3.8, 4) is 0 Å². The molecule has 1 N–H and O–H groups in total. The summed E-state index contributed by atoms with van der Waals surface area (Å²) >= 11 is 1.54. The number of nitrogens with one attached hydrogen (secondary N) is 1. The van der Waals surface area contributed by atoms with Crippen molar-refractivity contribution in [1.29, 1.82) is 0 Å². The van der Waals surface area contributed by atoms with Gasteiger partial charge in [-0.3, -0.25) is 9.59 Å². The van der Waals surface area contributed by atoms with Crippen molar-refractivity contribution in [2.24, 2.45) is 0 Å². The Morgan fingerprint density at radius 3 is 2.67 bits per heavy atom.